The first kappa shape index (κ1) is 30.4. The molecule has 214 valence electrons. The number of methoxy groups -OCH3 is 1. The van der Waals surface area contributed by atoms with Crippen LogP contribution in [0.4, 0.5) is 14.0 Å². The van der Waals surface area contributed by atoms with Gasteiger partial charge in [0.1, 0.15) is 5.82 Å². The van der Waals surface area contributed by atoms with Crippen molar-refractivity contribution in [3.8, 4) is 0 Å². The zero-order valence-corrected chi connectivity index (χ0v) is 23.2. The summed E-state index contributed by atoms with van der Waals surface area (Å²) in [5, 5.41) is 20.9. The first-order valence-electron chi connectivity index (χ1n) is 13.5. The highest BCUT2D eigenvalue weighted by atomic mass is 35.5. The molecule has 11 heteroatoms. The van der Waals surface area contributed by atoms with Gasteiger partial charge in [-0.3, -0.25) is 0 Å². The zero-order chi connectivity index (χ0) is 27.5. The molecule has 0 aromatic heterocycles. The quantitative estimate of drug-likeness (QED) is 0.310. The van der Waals surface area contributed by atoms with Gasteiger partial charge in [0.05, 0.1) is 17.7 Å². The van der Waals surface area contributed by atoms with Gasteiger partial charge in [0.2, 0.25) is 0 Å². The van der Waals surface area contributed by atoms with E-state index in [0.29, 0.717) is 44.9 Å². The average molecular weight is 557 g/mol. The van der Waals surface area contributed by atoms with Crippen molar-refractivity contribution in [1.82, 2.24) is 20.9 Å². The maximum Gasteiger partial charge on any atom is 0.406 e. The summed E-state index contributed by atoms with van der Waals surface area (Å²) in [4.78, 5) is 26.5. The maximum atomic E-state index is 15.2. The van der Waals surface area contributed by atoms with Gasteiger partial charge in [-0.25, -0.2) is 14.0 Å². The third-order valence-corrected chi connectivity index (χ3v) is 7.93. The minimum atomic E-state index is -1.57. The molecule has 2 heterocycles. The van der Waals surface area contributed by atoms with Crippen molar-refractivity contribution in [2.24, 2.45) is 11.8 Å². The number of likely N-dealkylation sites (N-methyl/N-ethyl adjacent to an activating group) is 1. The number of amides is 3. The number of urea groups is 1. The Balaban J connectivity index is 1.72. The molecule has 1 aromatic rings. The van der Waals surface area contributed by atoms with Crippen LogP contribution in [0.3, 0.4) is 0 Å². The van der Waals surface area contributed by atoms with E-state index in [1.807, 2.05) is 7.05 Å². The van der Waals surface area contributed by atoms with Crippen LogP contribution < -0.4 is 16.0 Å². The van der Waals surface area contributed by atoms with Crippen molar-refractivity contribution in [3.63, 3.8) is 0 Å². The lowest BCUT2D eigenvalue weighted by Crippen LogP contribution is -2.54. The molecule has 0 aliphatic carbocycles. The van der Waals surface area contributed by atoms with Crippen molar-refractivity contribution in [3.05, 3.63) is 34.6 Å². The molecule has 38 heavy (non-hydrogen) atoms. The summed E-state index contributed by atoms with van der Waals surface area (Å²) >= 11 is 6.08. The Labute approximate surface area is 229 Å². The van der Waals surface area contributed by atoms with E-state index >= 15 is 4.39 Å². The SMILES string of the molecule is CNC[C@H](C[C@H]1CCCOC1)NC(=O)N1CCC[C@@H]([C@@](O)(CCCNC(=O)OC)c2cccc(Cl)c2F)C1. The van der Waals surface area contributed by atoms with Gasteiger partial charge in [-0.15, -0.1) is 0 Å². The van der Waals surface area contributed by atoms with E-state index in [0.717, 1.165) is 25.9 Å². The molecule has 2 fully saturated rings. The van der Waals surface area contributed by atoms with Crippen LogP contribution in [0.1, 0.15) is 50.5 Å². The van der Waals surface area contributed by atoms with Gasteiger partial charge >= 0.3 is 12.1 Å². The Hall–Kier alpha value is -2.14. The lowest BCUT2D eigenvalue weighted by molar-refractivity contribution is -0.0576. The molecule has 9 nitrogen and oxygen atoms in total. The number of benzene rings is 1. The van der Waals surface area contributed by atoms with Gasteiger partial charge in [0, 0.05) is 56.9 Å². The zero-order valence-electron chi connectivity index (χ0n) is 22.4. The highest BCUT2D eigenvalue weighted by Crippen LogP contribution is 2.41. The Morgan fingerprint density at radius 3 is 2.87 bits per heavy atom. The number of carbonyl (C=O) groups excluding carboxylic acids is 2. The standard InChI is InChI=1S/C27H42ClFN4O5/c1-30-16-21(15-19-7-5-14-38-18-19)32-25(34)33-13-4-8-20(17-33)27(36,11-6-12-31-26(35)37-2)22-9-3-10-23(28)24(22)29/h3,9-10,19-21,30,36H,4-8,11-18H2,1-2H3,(H,31,35)(H,32,34)/t19-,20-,21+,27+/m1/s1. The molecule has 2 aliphatic heterocycles. The number of ether oxygens (including phenoxy) is 2. The van der Waals surface area contributed by atoms with Gasteiger partial charge < -0.3 is 35.4 Å². The minimum absolute atomic E-state index is 0.0479. The number of likely N-dealkylation sites (tertiary alicyclic amines) is 1. The Morgan fingerprint density at radius 2 is 2.16 bits per heavy atom. The normalized spacial score (nSPS) is 22.3. The van der Waals surface area contributed by atoms with E-state index in [1.165, 1.54) is 13.2 Å². The molecule has 0 spiro atoms. The molecule has 4 N–H and O–H groups in total. The van der Waals surface area contributed by atoms with E-state index < -0.39 is 23.4 Å². The highest BCUT2D eigenvalue weighted by Gasteiger charge is 2.43. The van der Waals surface area contributed by atoms with E-state index in [4.69, 9.17) is 16.3 Å². The summed E-state index contributed by atoms with van der Waals surface area (Å²) in [5.41, 5.74) is -1.46. The summed E-state index contributed by atoms with van der Waals surface area (Å²) in [6.45, 7) is 3.24. The number of nitrogens with one attached hydrogen (secondary N) is 3. The molecular weight excluding hydrogens is 515 g/mol. The summed E-state index contributed by atoms with van der Waals surface area (Å²) < 4.78 is 25.4. The second-order valence-electron chi connectivity index (χ2n) is 10.4. The average Bonchev–Trinajstić information content (AvgIpc) is 2.93. The molecule has 4 atom stereocenters. The van der Waals surface area contributed by atoms with Crippen LogP contribution in [0.2, 0.25) is 5.02 Å². The van der Waals surface area contributed by atoms with Crippen LogP contribution in [0, 0.1) is 17.7 Å². The lowest BCUT2D eigenvalue weighted by Gasteiger charge is -2.43. The molecule has 1 aromatic carbocycles. The fourth-order valence-corrected chi connectivity index (χ4v) is 5.84. The number of piperidine rings is 1. The van der Waals surface area contributed by atoms with Gasteiger partial charge in [0.25, 0.3) is 0 Å². The topological polar surface area (TPSA) is 112 Å². The Kier molecular flexibility index (Phi) is 11.9. The van der Waals surface area contributed by atoms with Crippen LogP contribution in [0.15, 0.2) is 18.2 Å². The lowest BCUT2D eigenvalue weighted by atomic mass is 9.74. The number of carbonyl (C=O) groups is 2. The van der Waals surface area contributed by atoms with E-state index in [1.54, 1.807) is 17.0 Å². The highest BCUT2D eigenvalue weighted by molar-refractivity contribution is 6.30. The van der Waals surface area contributed by atoms with E-state index in [-0.39, 0.29) is 42.2 Å². The number of alkyl carbamates (subject to hydrolysis) is 1. The third-order valence-electron chi connectivity index (χ3n) is 7.64. The Bertz CT molecular complexity index is 919. The van der Waals surface area contributed by atoms with E-state index in [2.05, 4.69) is 20.7 Å². The fraction of sp³-hybridized carbons (Fsp3) is 0.704. The van der Waals surface area contributed by atoms with Crippen LogP contribution in [-0.4, -0.2) is 81.7 Å². The van der Waals surface area contributed by atoms with Gasteiger partial charge in [0.15, 0.2) is 0 Å². The number of hydrogen-bond donors (Lipinski definition) is 4. The molecule has 0 bridgehead atoms. The predicted octanol–water partition coefficient (Wildman–Crippen LogP) is 3.63. The molecule has 0 radical (unpaired) electrons. The Morgan fingerprint density at radius 1 is 1.34 bits per heavy atom. The molecule has 2 aliphatic rings. The second kappa shape index (κ2) is 14.9. The molecule has 2 saturated heterocycles. The number of halogens is 2. The second-order valence-corrected chi connectivity index (χ2v) is 10.8. The predicted molar refractivity (Wildman–Crippen MR) is 144 cm³/mol. The van der Waals surface area contributed by atoms with Crippen LogP contribution in [-0.2, 0) is 15.1 Å². The third kappa shape index (κ3) is 8.18. The molecule has 0 saturated carbocycles. The van der Waals surface area contributed by atoms with Gasteiger partial charge in [-0.2, -0.15) is 0 Å². The van der Waals surface area contributed by atoms with Gasteiger partial charge in [-0.1, -0.05) is 23.7 Å². The number of nitrogens with zero attached hydrogens (tertiary/aromatic N) is 1. The van der Waals surface area contributed by atoms with Crippen molar-refractivity contribution in [2.45, 2.75) is 56.6 Å². The first-order valence-corrected chi connectivity index (χ1v) is 13.9. The van der Waals surface area contributed by atoms with Crippen molar-refractivity contribution in [2.75, 3.05) is 53.6 Å². The van der Waals surface area contributed by atoms with Crippen LogP contribution >= 0.6 is 11.6 Å². The molecule has 3 rings (SSSR count). The molecule has 0 unspecified atom stereocenters. The monoisotopic (exact) mass is 556 g/mol. The van der Waals surface area contributed by atoms with Gasteiger partial charge in [-0.05, 0) is 64.0 Å². The first-order chi connectivity index (χ1) is 18.3. The summed E-state index contributed by atoms with van der Waals surface area (Å²) in [6.07, 6.45) is 4.24. The van der Waals surface area contributed by atoms with Crippen molar-refractivity contribution < 1.29 is 28.6 Å². The minimum Gasteiger partial charge on any atom is -0.453 e. The van der Waals surface area contributed by atoms with Crippen molar-refractivity contribution >= 4 is 23.7 Å². The summed E-state index contributed by atoms with van der Waals surface area (Å²) in [5.74, 6) is -0.670. The number of aliphatic hydroxyl groups is 1. The van der Waals surface area contributed by atoms with Crippen LogP contribution in [0.5, 0.6) is 0 Å². The summed E-state index contributed by atoms with van der Waals surface area (Å²) in [7, 11) is 3.14. The summed E-state index contributed by atoms with van der Waals surface area (Å²) in [6, 6.07) is 4.37. The van der Waals surface area contributed by atoms with Crippen molar-refractivity contribution in [1.29, 1.82) is 0 Å². The van der Waals surface area contributed by atoms with E-state index in [9.17, 15) is 14.7 Å². The van der Waals surface area contributed by atoms with Crippen LogP contribution in [0.25, 0.3) is 0 Å². The number of hydrogen-bond acceptors (Lipinski definition) is 6. The molecule has 3 amide bonds. The maximum absolute atomic E-state index is 15.2. The molecular formula is C27H42ClFN4O5. The fourth-order valence-electron chi connectivity index (χ4n) is 5.67. The smallest absolute Gasteiger partial charge is 0.406 e. The largest absolute Gasteiger partial charge is 0.453 e. The number of rotatable bonds is 11.